The Labute approximate surface area is 153 Å². The second-order valence-corrected chi connectivity index (χ2v) is 8.65. The van der Waals surface area contributed by atoms with Gasteiger partial charge in [-0.1, -0.05) is 38.5 Å². The van der Waals surface area contributed by atoms with E-state index in [0.717, 1.165) is 23.3 Å². The van der Waals surface area contributed by atoms with Gasteiger partial charge in [0.15, 0.2) is 0 Å². The van der Waals surface area contributed by atoms with Crippen molar-refractivity contribution in [3.63, 3.8) is 0 Å². The van der Waals surface area contributed by atoms with Gasteiger partial charge in [-0.25, -0.2) is 8.42 Å². The summed E-state index contributed by atoms with van der Waals surface area (Å²) in [6.45, 7) is 4.29. The molecule has 0 unspecified atom stereocenters. The molecule has 2 rings (SSSR count). The van der Waals surface area contributed by atoms with Gasteiger partial charge in [-0.2, -0.15) is 4.31 Å². The largest absolute Gasteiger partial charge is 0.350 e. The maximum absolute atomic E-state index is 12.7. The van der Waals surface area contributed by atoms with Gasteiger partial charge in [-0.3, -0.25) is 4.79 Å². The van der Waals surface area contributed by atoms with E-state index in [0.29, 0.717) is 6.54 Å². The molecule has 0 aliphatic rings. The number of likely N-dealkylation sites (N-methyl/N-ethyl adjacent to an activating group) is 1. The van der Waals surface area contributed by atoms with Crippen molar-refractivity contribution in [1.29, 1.82) is 0 Å². The fourth-order valence-electron chi connectivity index (χ4n) is 2.45. The van der Waals surface area contributed by atoms with Crippen LogP contribution in [0.15, 0.2) is 46.7 Å². The van der Waals surface area contributed by atoms with Crippen molar-refractivity contribution in [1.82, 2.24) is 9.62 Å². The highest BCUT2D eigenvalue weighted by Crippen LogP contribution is 2.17. The molecule has 7 heteroatoms. The number of aryl methyl sites for hydroxylation is 1. The number of nitrogens with zero attached hydrogens (tertiary/aromatic N) is 1. The third kappa shape index (κ3) is 5.39. The summed E-state index contributed by atoms with van der Waals surface area (Å²) in [5.74, 6) is -0.304. The van der Waals surface area contributed by atoms with Gasteiger partial charge in [-0.15, -0.1) is 11.3 Å². The number of sulfonamides is 1. The summed E-state index contributed by atoms with van der Waals surface area (Å²) in [5, 5.41) is 4.70. The number of rotatable bonds is 9. The Balaban J connectivity index is 2.02. The van der Waals surface area contributed by atoms with Crippen LogP contribution in [-0.2, 0) is 27.8 Å². The van der Waals surface area contributed by atoms with Gasteiger partial charge < -0.3 is 5.32 Å². The van der Waals surface area contributed by atoms with E-state index in [1.165, 1.54) is 4.31 Å². The summed E-state index contributed by atoms with van der Waals surface area (Å²) in [6.07, 6.45) is 1.93. The second kappa shape index (κ2) is 9.12. The average Bonchev–Trinajstić information content (AvgIpc) is 3.12. The minimum absolute atomic E-state index is 0.180. The fourth-order valence-corrected chi connectivity index (χ4v) is 4.50. The van der Waals surface area contributed by atoms with Crippen LogP contribution in [0.3, 0.4) is 0 Å². The Hall–Kier alpha value is -1.70. The van der Waals surface area contributed by atoms with E-state index < -0.39 is 10.0 Å². The van der Waals surface area contributed by atoms with Crippen LogP contribution in [0.25, 0.3) is 0 Å². The molecule has 0 bridgehead atoms. The molecular weight excluding hydrogens is 356 g/mol. The minimum Gasteiger partial charge on any atom is -0.350 e. The van der Waals surface area contributed by atoms with Gasteiger partial charge in [-0.05, 0) is 35.6 Å². The van der Waals surface area contributed by atoms with Crippen molar-refractivity contribution in [3.05, 3.63) is 52.2 Å². The monoisotopic (exact) mass is 380 g/mol. The molecule has 0 fully saturated rings. The number of thiophene rings is 1. The van der Waals surface area contributed by atoms with Gasteiger partial charge in [0.2, 0.25) is 15.9 Å². The van der Waals surface area contributed by atoms with E-state index in [2.05, 4.69) is 12.2 Å². The van der Waals surface area contributed by atoms with Crippen LogP contribution in [-0.4, -0.2) is 31.7 Å². The zero-order valence-electron chi connectivity index (χ0n) is 14.6. The van der Waals surface area contributed by atoms with E-state index >= 15 is 0 Å². The molecule has 0 aliphatic carbocycles. The summed E-state index contributed by atoms with van der Waals surface area (Å²) in [6, 6.07) is 10.7. The number of amides is 1. The predicted molar refractivity (Wildman–Crippen MR) is 101 cm³/mol. The Bertz CT molecular complexity index is 769. The quantitative estimate of drug-likeness (QED) is 0.727. The first-order valence-corrected chi connectivity index (χ1v) is 10.7. The van der Waals surface area contributed by atoms with Crippen molar-refractivity contribution in [2.24, 2.45) is 0 Å². The van der Waals surface area contributed by atoms with Gasteiger partial charge in [0.1, 0.15) is 0 Å². The number of hydrogen-bond donors (Lipinski definition) is 1. The molecule has 25 heavy (non-hydrogen) atoms. The number of hydrogen-bond acceptors (Lipinski definition) is 4. The lowest BCUT2D eigenvalue weighted by atomic mass is 10.1. The van der Waals surface area contributed by atoms with Crippen LogP contribution < -0.4 is 5.32 Å². The summed E-state index contributed by atoms with van der Waals surface area (Å²) < 4.78 is 26.7. The van der Waals surface area contributed by atoms with E-state index in [9.17, 15) is 13.2 Å². The van der Waals surface area contributed by atoms with Crippen LogP contribution in [0.4, 0.5) is 0 Å². The van der Waals surface area contributed by atoms with Crippen LogP contribution in [0.2, 0.25) is 0 Å². The van der Waals surface area contributed by atoms with Gasteiger partial charge in [0.05, 0.1) is 18.0 Å². The molecule has 1 N–H and O–H groups in total. The second-order valence-electron chi connectivity index (χ2n) is 5.68. The Morgan fingerprint density at radius 1 is 1.16 bits per heavy atom. The van der Waals surface area contributed by atoms with Crippen molar-refractivity contribution < 1.29 is 13.2 Å². The predicted octanol–water partition coefficient (Wildman–Crippen LogP) is 3.03. The number of carbonyl (C=O) groups is 1. The maximum Gasteiger partial charge on any atom is 0.243 e. The normalized spacial score (nSPS) is 11.6. The summed E-state index contributed by atoms with van der Waals surface area (Å²) in [7, 11) is -3.67. The molecule has 0 saturated carbocycles. The van der Waals surface area contributed by atoms with Gasteiger partial charge >= 0.3 is 0 Å². The Morgan fingerprint density at radius 3 is 2.44 bits per heavy atom. The fraction of sp³-hybridized carbons (Fsp3) is 0.389. The SMILES string of the molecule is CCCc1ccc(S(=O)(=O)N(CC)CC(=O)NCc2cccs2)cc1. The highest BCUT2D eigenvalue weighted by Gasteiger charge is 2.25. The molecule has 0 radical (unpaired) electrons. The van der Waals surface area contributed by atoms with E-state index in [4.69, 9.17) is 0 Å². The molecule has 1 amide bonds. The number of nitrogens with one attached hydrogen (secondary N) is 1. The summed E-state index contributed by atoms with van der Waals surface area (Å²) in [5.41, 5.74) is 1.11. The van der Waals surface area contributed by atoms with Crippen LogP contribution in [0, 0.1) is 0 Å². The van der Waals surface area contributed by atoms with Crippen LogP contribution in [0.1, 0.15) is 30.7 Å². The first-order valence-electron chi connectivity index (χ1n) is 8.35. The molecular formula is C18H24N2O3S2. The lowest BCUT2D eigenvalue weighted by Crippen LogP contribution is -2.40. The smallest absolute Gasteiger partial charge is 0.243 e. The molecule has 0 spiro atoms. The maximum atomic E-state index is 12.7. The summed E-state index contributed by atoms with van der Waals surface area (Å²) in [4.78, 5) is 13.4. The molecule has 1 aromatic heterocycles. The highest BCUT2D eigenvalue weighted by atomic mass is 32.2. The molecule has 0 atom stereocenters. The molecule has 2 aromatic rings. The third-order valence-electron chi connectivity index (χ3n) is 3.81. The number of carbonyl (C=O) groups excluding carboxylic acids is 1. The van der Waals surface area contributed by atoms with Gasteiger partial charge in [0, 0.05) is 11.4 Å². The highest BCUT2D eigenvalue weighted by molar-refractivity contribution is 7.89. The molecule has 1 aromatic carbocycles. The van der Waals surface area contributed by atoms with Crippen molar-refractivity contribution in [2.75, 3.05) is 13.1 Å². The lowest BCUT2D eigenvalue weighted by molar-refractivity contribution is -0.121. The first kappa shape index (κ1) is 19.6. The Kier molecular flexibility index (Phi) is 7.16. The first-order chi connectivity index (χ1) is 12.0. The van der Waals surface area contributed by atoms with Crippen LogP contribution >= 0.6 is 11.3 Å². The Morgan fingerprint density at radius 2 is 1.88 bits per heavy atom. The standard InChI is InChI=1S/C18H24N2O3S2/c1-3-6-15-8-10-17(11-9-15)25(22,23)20(4-2)14-18(21)19-13-16-7-5-12-24-16/h5,7-12H,3-4,6,13-14H2,1-2H3,(H,19,21). The van der Waals surface area contributed by atoms with E-state index in [-0.39, 0.29) is 23.9 Å². The van der Waals surface area contributed by atoms with Crippen molar-refractivity contribution in [2.45, 2.75) is 38.1 Å². The third-order valence-corrected chi connectivity index (χ3v) is 6.62. The average molecular weight is 381 g/mol. The molecule has 0 saturated heterocycles. The minimum atomic E-state index is -3.67. The molecule has 1 heterocycles. The van der Waals surface area contributed by atoms with Crippen LogP contribution in [0.5, 0.6) is 0 Å². The molecule has 136 valence electrons. The zero-order valence-corrected chi connectivity index (χ0v) is 16.2. The van der Waals surface area contributed by atoms with E-state index in [1.807, 2.05) is 29.6 Å². The number of benzene rings is 1. The zero-order chi connectivity index (χ0) is 18.3. The van der Waals surface area contributed by atoms with Gasteiger partial charge in [0.25, 0.3) is 0 Å². The molecule has 5 nitrogen and oxygen atoms in total. The van der Waals surface area contributed by atoms with E-state index in [1.54, 1.807) is 30.4 Å². The van der Waals surface area contributed by atoms with Crippen molar-refractivity contribution >= 4 is 27.3 Å². The molecule has 0 aliphatic heterocycles. The topological polar surface area (TPSA) is 66.5 Å². The lowest BCUT2D eigenvalue weighted by Gasteiger charge is -2.20. The van der Waals surface area contributed by atoms with Crippen molar-refractivity contribution in [3.8, 4) is 0 Å². The summed E-state index contributed by atoms with van der Waals surface area (Å²) >= 11 is 1.55.